The van der Waals surface area contributed by atoms with Gasteiger partial charge in [0.1, 0.15) is 4.88 Å². The summed E-state index contributed by atoms with van der Waals surface area (Å²) in [6.07, 6.45) is 3.51. The van der Waals surface area contributed by atoms with Crippen LogP contribution in [0.4, 0.5) is 10.1 Å². The predicted octanol–water partition coefficient (Wildman–Crippen LogP) is 4.43. The third-order valence-electron chi connectivity index (χ3n) is 6.35. The van der Waals surface area contributed by atoms with Gasteiger partial charge in [-0.15, -0.1) is 11.3 Å². The van der Waals surface area contributed by atoms with E-state index in [1.54, 1.807) is 6.07 Å². The SMILES string of the molecule is C[C@@H]1CNc2c(sc3ccc4nc(Oc5nc(F)ncc5C5=CCN(C)CC5)ccc4c23)C(=O)N1. The normalized spacial score (nSPS) is 18.5. The van der Waals surface area contributed by atoms with Crippen LogP contribution in [0.5, 0.6) is 11.8 Å². The second-order valence-corrected chi connectivity index (χ2v) is 9.97. The number of halogens is 1. The highest BCUT2D eigenvalue weighted by Gasteiger charge is 2.25. The number of hydrogen-bond donors (Lipinski definition) is 2. The van der Waals surface area contributed by atoms with E-state index in [1.165, 1.54) is 17.5 Å². The summed E-state index contributed by atoms with van der Waals surface area (Å²) in [4.78, 5) is 27.9. The second kappa shape index (κ2) is 8.54. The van der Waals surface area contributed by atoms with Crippen molar-refractivity contribution in [3.05, 3.63) is 53.1 Å². The molecule has 4 aromatic rings. The van der Waals surface area contributed by atoms with Crippen LogP contribution in [-0.4, -0.2) is 58.5 Å². The van der Waals surface area contributed by atoms with Crippen LogP contribution >= 0.6 is 11.3 Å². The fourth-order valence-electron chi connectivity index (χ4n) is 4.52. The molecule has 6 rings (SSSR count). The van der Waals surface area contributed by atoms with Crippen molar-refractivity contribution >= 4 is 49.5 Å². The van der Waals surface area contributed by atoms with Crippen molar-refractivity contribution < 1.29 is 13.9 Å². The number of carbonyl (C=O) groups excluding carboxylic acids is 1. The number of thiophene rings is 1. The van der Waals surface area contributed by atoms with Gasteiger partial charge in [0.15, 0.2) is 0 Å². The monoisotopic (exact) mass is 490 g/mol. The number of benzene rings is 1. The number of nitrogens with one attached hydrogen (secondary N) is 2. The third kappa shape index (κ3) is 3.98. The largest absolute Gasteiger partial charge is 0.420 e. The van der Waals surface area contributed by atoms with Crippen molar-refractivity contribution in [2.24, 2.45) is 0 Å². The molecule has 8 nitrogen and oxygen atoms in total. The molecule has 5 heterocycles. The first-order valence-electron chi connectivity index (χ1n) is 11.5. The van der Waals surface area contributed by atoms with Gasteiger partial charge in [-0.1, -0.05) is 6.08 Å². The highest BCUT2D eigenvalue weighted by atomic mass is 32.1. The van der Waals surface area contributed by atoms with Gasteiger partial charge in [0, 0.05) is 53.4 Å². The molecule has 0 bridgehead atoms. The van der Waals surface area contributed by atoms with Gasteiger partial charge in [-0.2, -0.15) is 9.37 Å². The van der Waals surface area contributed by atoms with Crippen molar-refractivity contribution in [2.75, 3.05) is 32.0 Å². The molecule has 178 valence electrons. The van der Waals surface area contributed by atoms with Gasteiger partial charge < -0.3 is 20.3 Å². The zero-order chi connectivity index (χ0) is 24.1. The minimum Gasteiger partial charge on any atom is -0.420 e. The lowest BCUT2D eigenvalue weighted by molar-refractivity contribution is 0.0949. The van der Waals surface area contributed by atoms with E-state index in [-0.39, 0.29) is 17.8 Å². The first-order chi connectivity index (χ1) is 17.0. The van der Waals surface area contributed by atoms with Crippen molar-refractivity contribution in [3.63, 3.8) is 0 Å². The molecule has 0 aliphatic carbocycles. The van der Waals surface area contributed by atoms with Crippen LogP contribution in [0.15, 0.2) is 36.5 Å². The minimum atomic E-state index is -0.848. The second-order valence-electron chi connectivity index (χ2n) is 8.92. The molecule has 0 saturated carbocycles. The zero-order valence-corrected chi connectivity index (χ0v) is 20.1. The molecular formula is C25H23FN6O2S. The van der Waals surface area contributed by atoms with E-state index in [9.17, 15) is 9.18 Å². The third-order valence-corrected chi connectivity index (χ3v) is 7.50. The summed E-state index contributed by atoms with van der Waals surface area (Å²) < 4.78 is 20.9. The number of ether oxygens (including phenoxy) is 1. The van der Waals surface area contributed by atoms with Gasteiger partial charge in [-0.05, 0) is 44.2 Å². The predicted molar refractivity (Wildman–Crippen MR) is 135 cm³/mol. The molecule has 1 amide bonds. The number of anilines is 1. The van der Waals surface area contributed by atoms with E-state index >= 15 is 0 Å². The van der Waals surface area contributed by atoms with Crippen LogP contribution in [-0.2, 0) is 0 Å². The smallest absolute Gasteiger partial charge is 0.311 e. The molecule has 3 aromatic heterocycles. The lowest BCUT2D eigenvalue weighted by atomic mass is 10.0. The average molecular weight is 491 g/mol. The Morgan fingerprint density at radius 2 is 2.11 bits per heavy atom. The standard InChI is InChI=1S/C25H23FN6O2S/c1-13-11-27-21-20-15-3-6-19(30-17(15)4-5-18(20)35-22(21)23(33)29-13)34-24-16(12-28-25(26)31-24)14-7-9-32(2)10-8-14/h3-7,12-13,27H,8-11H2,1-2H3,(H,29,33)/t13-/m1/s1. The number of carbonyl (C=O) groups is 1. The molecule has 2 N–H and O–H groups in total. The molecule has 2 aliphatic heterocycles. The van der Waals surface area contributed by atoms with Crippen molar-refractivity contribution in [2.45, 2.75) is 19.4 Å². The molecule has 10 heteroatoms. The van der Waals surface area contributed by atoms with Gasteiger partial charge in [0.05, 0.1) is 16.8 Å². The Labute approximate surface area is 204 Å². The van der Waals surface area contributed by atoms with Crippen LogP contribution < -0.4 is 15.4 Å². The topological polar surface area (TPSA) is 92.3 Å². The summed E-state index contributed by atoms with van der Waals surface area (Å²) in [6.45, 7) is 4.30. The Bertz CT molecular complexity index is 1520. The quantitative estimate of drug-likeness (QED) is 0.411. The van der Waals surface area contributed by atoms with Crippen molar-refractivity contribution in [1.29, 1.82) is 0 Å². The molecule has 0 radical (unpaired) electrons. The van der Waals surface area contributed by atoms with E-state index < -0.39 is 6.08 Å². The molecule has 0 spiro atoms. The molecule has 0 unspecified atom stereocenters. The molecule has 0 fully saturated rings. The average Bonchev–Trinajstić information content (AvgIpc) is 3.16. The van der Waals surface area contributed by atoms with Gasteiger partial charge >= 0.3 is 6.08 Å². The summed E-state index contributed by atoms with van der Waals surface area (Å²) in [5.41, 5.74) is 3.25. The van der Waals surface area contributed by atoms with Crippen LogP contribution in [0, 0.1) is 6.08 Å². The van der Waals surface area contributed by atoms with Gasteiger partial charge in [-0.3, -0.25) is 4.79 Å². The van der Waals surface area contributed by atoms with Crippen LogP contribution in [0.2, 0.25) is 0 Å². The maximum Gasteiger partial charge on any atom is 0.311 e. The number of hydrogen-bond acceptors (Lipinski definition) is 8. The number of fused-ring (bicyclic) bond motifs is 5. The fourth-order valence-corrected chi connectivity index (χ4v) is 5.62. The zero-order valence-electron chi connectivity index (χ0n) is 19.3. The molecule has 2 aliphatic rings. The maximum absolute atomic E-state index is 13.9. The Morgan fingerprint density at radius 1 is 1.23 bits per heavy atom. The number of amides is 1. The van der Waals surface area contributed by atoms with E-state index in [0.717, 1.165) is 46.2 Å². The maximum atomic E-state index is 13.9. The van der Waals surface area contributed by atoms with Gasteiger partial charge in [-0.25, -0.2) is 9.97 Å². The summed E-state index contributed by atoms with van der Waals surface area (Å²) in [7, 11) is 2.05. The van der Waals surface area contributed by atoms with Gasteiger partial charge in [0.25, 0.3) is 5.91 Å². The lowest BCUT2D eigenvalue weighted by Crippen LogP contribution is -2.34. The van der Waals surface area contributed by atoms with Crippen LogP contribution in [0.25, 0.3) is 26.6 Å². The lowest BCUT2D eigenvalue weighted by Gasteiger charge is -2.22. The summed E-state index contributed by atoms with van der Waals surface area (Å²) >= 11 is 1.46. The van der Waals surface area contributed by atoms with E-state index in [1.807, 2.05) is 25.1 Å². The van der Waals surface area contributed by atoms with E-state index in [0.29, 0.717) is 28.4 Å². The highest BCUT2D eigenvalue weighted by molar-refractivity contribution is 7.21. The van der Waals surface area contributed by atoms with Crippen LogP contribution in [0.1, 0.15) is 28.6 Å². The highest BCUT2D eigenvalue weighted by Crippen LogP contribution is 2.41. The fraction of sp³-hybridized carbons (Fsp3) is 0.280. The van der Waals surface area contributed by atoms with Crippen molar-refractivity contribution in [3.8, 4) is 11.8 Å². The number of nitrogens with zero attached hydrogens (tertiary/aromatic N) is 4. The molecule has 1 atom stereocenters. The van der Waals surface area contributed by atoms with Crippen molar-refractivity contribution in [1.82, 2.24) is 25.2 Å². The number of rotatable bonds is 3. The minimum absolute atomic E-state index is 0.0346. The summed E-state index contributed by atoms with van der Waals surface area (Å²) in [5, 5.41) is 8.31. The first-order valence-corrected chi connectivity index (χ1v) is 12.3. The number of likely N-dealkylation sites (N-methyl/N-ethyl adjacent to an activating group) is 1. The molecular weight excluding hydrogens is 467 g/mol. The Kier molecular flexibility index (Phi) is 5.34. The molecule has 35 heavy (non-hydrogen) atoms. The molecule has 0 saturated heterocycles. The van der Waals surface area contributed by atoms with Crippen LogP contribution in [0.3, 0.4) is 0 Å². The molecule has 1 aromatic carbocycles. The van der Waals surface area contributed by atoms with E-state index in [2.05, 4.69) is 43.6 Å². The van der Waals surface area contributed by atoms with Gasteiger partial charge in [0.2, 0.25) is 11.8 Å². The Balaban J connectivity index is 1.40. The Morgan fingerprint density at radius 3 is 2.94 bits per heavy atom. The summed E-state index contributed by atoms with van der Waals surface area (Å²) in [5.74, 6) is 0.393. The Hall–Kier alpha value is -3.63. The summed E-state index contributed by atoms with van der Waals surface area (Å²) in [6, 6.07) is 7.57. The number of aromatic nitrogens is 3. The first kappa shape index (κ1) is 21.9. The van der Waals surface area contributed by atoms with E-state index in [4.69, 9.17) is 4.74 Å². The number of pyridine rings is 1.